The quantitative estimate of drug-likeness (QED) is 0.322. The van der Waals surface area contributed by atoms with Gasteiger partial charge in [0.2, 0.25) is 0 Å². The number of rotatable bonds is 8. The molecule has 0 bridgehead atoms. The molecule has 6 nitrogen and oxygen atoms in total. The van der Waals surface area contributed by atoms with E-state index in [-0.39, 0.29) is 13.2 Å². The zero-order valence-corrected chi connectivity index (χ0v) is 9.65. The Hall–Kier alpha value is -1.27. The van der Waals surface area contributed by atoms with Crippen LogP contribution < -0.4 is 0 Å². The molecule has 16 heavy (non-hydrogen) atoms. The molecule has 0 amide bonds. The van der Waals surface area contributed by atoms with E-state index >= 15 is 0 Å². The number of hydrogen-bond acceptors (Lipinski definition) is 6. The number of ketones is 2. The predicted molar refractivity (Wildman–Crippen MR) is 53.9 cm³/mol. The standard InChI is InChI=1S/C10H16O6/c1-7(11)9(10(13)15-3)8(12)6-16-5-4-14-2/h9H,4-6H2,1-3H3/t9-/m0/s1. The number of carbonyl (C=O) groups excluding carboxylic acids is 3. The van der Waals surface area contributed by atoms with Crippen LogP contribution in [0.5, 0.6) is 0 Å². The van der Waals surface area contributed by atoms with Crippen LogP contribution in [0, 0.1) is 5.92 Å². The van der Waals surface area contributed by atoms with E-state index in [9.17, 15) is 14.4 Å². The van der Waals surface area contributed by atoms with Crippen molar-refractivity contribution in [3.05, 3.63) is 0 Å². The Morgan fingerprint density at radius 3 is 2.19 bits per heavy atom. The molecule has 0 fully saturated rings. The maximum atomic E-state index is 11.5. The van der Waals surface area contributed by atoms with Crippen molar-refractivity contribution in [3.8, 4) is 0 Å². The van der Waals surface area contributed by atoms with Crippen molar-refractivity contribution >= 4 is 17.5 Å². The zero-order chi connectivity index (χ0) is 12.6. The van der Waals surface area contributed by atoms with Gasteiger partial charge in [-0.1, -0.05) is 0 Å². The van der Waals surface area contributed by atoms with Gasteiger partial charge < -0.3 is 14.2 Å². The van der Waals surface area contributed by atoms with Gasteiger partial charge in [-0.05, 0) is 6.92 Å². The second-order valence-corrected chi connectivity index (χ2v) is 3.08. The van der Waals surface area contributed by atoms with Gasteiger partial charge in [-0.2, -0.15) is 0 Å². The van der Waals surface area contributed by atoms with Crippen LogP contribution in [0.3, 0.4) is 0 Å². The lowest BCUT2D eigenvalue weighted by Crippen LogP contribution is -2.34. The van der Waals surface area contributed by atoms with Crippen LogP contribution in [0.2, 0.25) is 0 Å². The second kappa shape index (κ2) is 7.95. The van der Waals surface area contributed by atoms with Crippen LogP contribution in [0.4, 0.5) is 0 Å². The van der Waals surface area contributed by atoms with Crippen LogP contribution in [0.15, 0.2) is 0 Å². The minimum Gasteiger partial charge on any atom is -0.468 e. The fourth-order valence-electron chi connectivity index (χ4n) is 1.04. The molecule has 1 atom stereocenters. The average Bonchev–Trinajstić information content (AvgIpc) is 2.23. The Kier molecular flexibility index (Phi) is 7.32. The number of esters is 1. The van der Waals surface area contributed by atoms with Gasteiger partial charge in [-0.15, -0.1) is 0 Å². The van der Waals surface area contributed by atoms with Crippen LogP contribution in [-0.2, 0) is 28.6 Å². The smallest absolute Gasteiger partial charge is 0.323 e. The molecule has 0 aromatic heterocycles. The molecule has 0 heterocycles. The molecule has 6 heteroatoms. The van der Waals surface area contributed by atoms with E-state index in [1.165, 1.54) is 7.11 Å². The van der Waals surface area contributed by atoms with Crippen molar-refractivity contribution in [1.29, 1.82) is 0 Å². The Labute approximate surface area is 93.8 Å². The van der Waals surface area contributed by atoms with Crippen molar-refractivity contribution in [3.63, 3.8) is 0 Å². The number of methoxy groups -OCH3 is 2. The Morgan fingerprint density at radius 2 is 1.75 bits per heavy atom. The summed E-state index contributed by atoms with van der Waals surface area (Å²) < 4.78 is 14.0. The Balaban J connectivity index is 4.19. The van der Waals surface area contributed by atoms with Crippen molar-refractivity contribution in [2.24, 2.45) is 5.92 Å². The number of carbonyl (C=O) groups is 3. The van der Waals surface area contributed by atoms with E-state index in [0.29, 0.717) is 6.61 Å². The lowest BCUT2D eigenvalue weighted by atomic mass is 10.0. The highest BCUT2D eigenvalue weighted by Gasteiger charge is 2.31. The van der Waals surface area contributed by atoms with Crippen molar-refractivity contribution in [2.45, 2.75) is 6.92 Å². The molecule has 0 aliphatic rings. The third-order valence-electron chi connectivity index (χ3n) is 1.84. The third kappa shape index (κ3) is 4.99. The van der Waals surface area contributed by atoms with Crippen LogP contribution in [0.25, 0.3) is 0 Å². The minimum atomic E-state index is -1.38. The highest BCUT2D eigenvalue weighted by atomic mass is 16.5. The van der Waals surface area contributed by atoms with E-state index < -0.39 is 23.5 Å². The first-order chi connectivity index (χ1) is 7.54. The van der Waals surface area contributed by atoms with Gasteiger partial charge in [0.15, 0.2) is 17.5 Å². The monoisotopic (exact) mass is 232 g/mol. The van der Waals surface area contributed by atoms with Gasteiger partial charge in [0, 0.05) is 7.11 Å². The molecule has 0 aliphatic heterocycles. The molecule has 0 rings (SSSR count). The number of ether oxygens (including phenoxy) is 3. The van der Waals surface area contributed by atoms with Gasteiger partial charge in [0.25, 0.3) is 0 Å². The fraction of sp³-hybridized carbons (Fsp3) is 0.700. The van der Waals surface area contributed by atoms with E-state index in [1.807, 2.05) is 0 Å². The summed E-state index contributed by atoms with van der Waals surface area (Å²) in [6.45, 7) is 1.43. The Morgan fingerprint density at radius 1 is 1.12 bits per heavy atom. The second-order valence-electron chi connectivity index (χ2n) is 3.08. The van der Waals surface area contributed by atoms with Gasteiger partial charge in [0.1, 0.15) is 6.61 Å². The summed E-state index contributed by atoms with van der Waals surface area (Å²) in [6.07, 6.45) is 0. The first kappa shape index (κ1) is 14.7. The number of Topliss-reactive ketones (excluding diaryl/α,β-unsaturated/α-hetero) is 2. The molecule has 0 saturated heterocycles. The average molecular weight is 232 g/mol. The molecule has 0 aromatic carbocycles. The molecular weight excluding hydrogens is 216 g/mol. The van der Waals surface area contributed by atoms with Crippen molar-refractivity contribution < 1.29 is 28.6 Å². The molecule has 0 radical (unpaired) electrons. The highest BCUT2D eigenvalue weighted by molar-refractivity contribution is 6.16. The van der Waals surface area contributed by atoms with E-state index in [0.717, 1.165) is 14.0 Å². The summed E-state index contributed by atoms with van der Waals surface area (Å²) in [6, 6.07) is 0. The summed E-state index contributed by atoms with van der Waals surface area (Å²) in [5.74, 6) is -3.39. The molecule has 0 spiro atoms. The van der Waals surface area contributed by atoms with Gasteiger partial charge in [0.05, 0.1) is 20.3 Å². The molecule has 0 unspecified atom stereocenters. The van der Waals surface area contributed by atoms with Gasteiger partial charge in [-0.25, -0.2) is 0 Å². The molecular formula is C10H16O6. The Bertz CT molecular complexity index is 260. The minimum absolute atomic E-state index is 0.230. The van der Waals surface area contributed by atoms with Gasteiger partial charge >= 0.3 is 5.97 Å². The normalized spacial score (nSPS) is 11.9. The highest BCUT2D eigenvalue weighted by Crippen LogP contribution is 2.03. The molecule has 0 aliphatic carbocycles. The van der Waals surface area contributed by atoms with E-state index in [2.05, 4.69) is 4.74 Å². The summed E-state index contributed by atoms with van der Waals surface area (Å²) in [4.78, 5) is 33.7. The fourth-order valence-corrected chi connectivity index (χ4v) is 1.04. The van der Waals surface area contributed by atoms with Crippen LogP contribution in [0.1, 0.15) is 6.92 Å². The van der Waals surface area contributed by atoms with E-state index in [4.69, 9.17) is 9.47 Å². The van der Waals surface area contributed by atoms with Crippen molar-refractivity contribution in [2.75, 3.05) is 34.0 Å². The summed E-state index contributed by atoms with van der Waals surface area (Å²) >= 11 is 0. The molecule has 92 valence electrons. The topological polar surface area (TPSA) is 78.9 Å². The molecule has 0 N–H and O–H groups in total. The molecule has 0 saturated carbocycles. The van der Waals surface area contributed by atoms with Crippen LogP contribution >= 0.6 is 0 Å². The SMILES string of the molecule is COCCOCC(=O)[C@H](C(C)=O)C(=O)OC. The van der Waals surface area contributed by atoms with Crippen LogP contribution in [-0.4, -0.2) is 51.6 Å². The largest absolute Gasteiger partial charge is 0.468 e. The lowest BCUT2D eigenvalue weighted by molar-refractivity contribution is -0.153. The third-order valence-corrected chi connectivity index (χ3v) is 1.84. The van der Waals surface area contributed by atoms with Crippen molar-refractivity contribution in [1.82, 2.24) is 0 Å². The maximum Gasteiger partial charge on any atom is 0.323 e. The summed E-state index contributed by atoms with van der Waals surface area (Å²) in [7, 11) is 2.62. The first-order valence-corrected chi connectivity index (χ1v) is 4.72. The summed E-state index contributed by atoms with van der Waals surface area (Å²) in [5, 5.41) is 0. The predicted octanol–water partition coefficient (Wildman–Crippen LogP) is -0.403. The zero-order valence-electron chi connectivity index (χ0n) is 9.65. The molecule has 0 aromatic rings. The first-order valence-electron chi connectivity index (χ1n) is 4.72. The maximum absolute atomic E-state index is 11.5. The van der Waals surface area contributed by atoms with Gasteiger partial charge in [-0.3, -0.25) is 14.4 Å². The summed E-state index contributed by atoms with van der Waals surface area (Å²) in [5.41, 5.74) is 0. The number of hydrogen-bond donors (Lipinski definition) is 0. The van der Waals surface area contributed by atoms with E-state index in [1.54, 1.807) is 0 Å². The lowest BCUT2D eigenvalue weighted by Gasteiger charge is -2.10.